The average molecular weight is 404 g/mol. The lowest BCUT2D eigenvalue weighted by atomic mass is 10.0. The van der Waals surface area contributed by atoms with Gasteiger partial charge in [-0.15, -0.1) is 10.2 Å². The van der Waals surface area contributed by atoms with Crippen LogP contribution in [0.1, 0.15) is 12.5 Å². The summed E-state index contributed by atoms with van der Waals surface area (Å²) in [5, 5.41) is 9.95. The predicted octanol–water partition coefficient (Wildman–Crippen LogP) is 3.97. The normalized spacial score (nSPS) is 12.2. The zero-order chi connectivity index (χ0) is 20.5. The second kappa shape index (κ2) is 7.67. The van der Waals surface area contributed by atoms with Crippen LogP contribution in [0.5, 0.6) is 0 Å². The van der Waals surface area contributed by atoms with E-state index in [-0.39, 0.29) is 11.2 Å². The minimum Gasteiger partial charge on any atom is -0.369 e. The summed E-state index contributed by atoms with van der Waals surface area (Å²) < 4.78 is 1.89. The number of hydrogen-bond donors (Lipinski definition) is 1. The molecular formula is C22H21N5OS. The number of carbonyl (C=O) groups is 1. The average Bonchev–Trinajstić information content (AvgIpc) is 3.07. The molecule has 1 amide bonds. The second-order valence-electron chi connectivity index (χ2n) is 6.97. The third-order valence-electron chi connectivity index (χ3n) is 4.82. The molecule has 0 saturated heterocycles. The SMILES string of the molecule is Cc1ccc(-c2cc(-c3nnc(S[C@@H](C)C(N)=O)n3C)c3ccccc3n2)cc1. The molecule has 0 spiro atoms. The van der Waals surface area contributed by atoms with Crippen LogP contribution in [0.3, 0.4) is 0 Å². The summed E-state index contributed by atoms with van der Waals surface area (Å²) in [4.78, 5) is 16.3. The molecule has 0 aliphatic rings. The first kappa shape index (κ1) is 19.1. The Morgan fingerprint density at radius 1 is 1.10 bits per heavy atom. The van der Waals surface area contributed by atoms with Gasteiger partial charge in [0.05, 0.1) is 16.5 Å². The van der Waals surface area contributed by atoms with Crippen molar-refractivity contribution in [2.24, 2.45) is 12.8 Å². The van der Waals surface area contributed by atoms with Crippen molar-refractivity contribution < 1.29 is 4.79 Å². The lowest BCUT2D eigenvalue weighted by Crippen LogP contribution is -2.22. The van der Waals surface area contributed by atoms with Gasteiger partial charge >= 0.3 is 0 Å². The van der Waals surface area contributed by atoms with Crippen molar-refractivity contribution >= 4 is 28.6 Å². The summed E-state index contributed by atoms with van der Waals surface area (Å²) >= 11 is 1.30. The van der Waals surface area contributed by atoms with Gasteiger partial charge in [0.25, 0.3) is 0 Å². The number of fused-ring (bicyclic) bond motifs is 1. The largest absolute Gasteiger partial charge is 0.369 e. The molecule has 2 N–H and O–H groups in total. The number of rotatable bonds is 5. The lowest BCUT2D eigenvalue weighted by Gasteiger charge is -2.11. The highest BCUT2D eigenvalue weighted by Crippen LogP contribution is 2.33. The third-order valence-corrected chi connectivity index (χ3v) is 5.97. The van der Waals surface area contributed by atoms with Crippen LogP contribution < -0.4 is 5.73 Å². The van der Waals surface area contributed by atoms with Gasteiger partial charge in [0.2, 0.25) is 5.91 Å². The first-order valence-corrected chi connectivity index (χ1v) is 10.1. The van der Waals surface area contributed by atoms with Crippen LogP contribution in [-0.2, 0) is 11.8 Å². The van der Waals surface area contributed by atoms with Crippen molar-refractivity contribution in [3.63, 3.8) is 0 Å². The summed E-state index contributed by atoms with van der Waals surface area (Å²) in [6, 6.07) is 18.3. The van der Waals surface area contributed by atoms with Crippen LogP contribution >= 0.6 is 11.8 Å². The van der Waals surface area contributed by atoms with Gasteiger partial charge in [-0.05, 0) is 26.0 Å². The van der Waals surface area contributed by atoms with Gasteiger partial charge in [0.15, 0.2) is 11.0 Å². The Labute approximate surface area is 173 Å². The zero-order valence-corrected chi connectivity index (χ0v) is 17.3. The number of benzene rings is 2. The highest BCUT2D eigenvalue weighted by molar-refractivity contribution is 8.00. The number of pyridine rings is 1. The Balaban J connectivity index is 1.86. The molecule has 0 aliphatic heterocycles. The van der Waals surface area contributed by atoms with Crippen molar-refractivity contribution in [1.29, 1.82) is 0 Å². The van der Waals surface area contributed by atoms with Crippen LogP contribution in [0, 0.1) is 6.92 Å². The molecule has 1 atom stereocenters. The maximum atomic E-state index is 11.4. The zero-order valence-electron chi connectivity index (χ0n) is 16.5. The maximum absolute atomic E-state index is 11.4. The van der Waals surface area contributed by atoms with E-state index in [0.717, 1.165) is 33.5 Å². The fourth-order valence-corrected chi connectivity index (χ4v) is 3.87. The van der Waals surface area contributed by atoms with Gasteiger partial charge in [-0.3, -0.25) is 4.79 Å². The van der Waals surface area contributed by atoms with Crippen LogP contribution in [0.15, 0.2) is 59.8 Å². The van der Waals surface area contributed by atoms with Crippen LogP contribution in [-0.4, -0.2) is 30.9 Å². The quantitative estimate of drug-likeness (QED) is 0.510. The summed E-state index contributed by atoms with van der Waals surface area (Å²) in [6.45, 7) is 3.83. The van der Waals surface area contributed by atoms with E-state index in [1.54, 1.807) is 6.92 Å². The third kappa shape index (κ3) is 3.73. The Hall–Kier alpha value is -3.19. The first-order chi connectivity index (χ1) is 13.9. The Kier molecular flexibility index (Phi) is 5.07. The molecule has 6 nitrogen and oxygen atoms in total. The molecule has 0 radical (unpaired) electrons. The molecule has 7 heteroatoms. The van der Waals surface area contributed by atoms with Crippen LogP contribution in [0.2, 0.25) is 0 Å². The highest BCUT2D eigenvalue weighted by atomic mass is 32.2. The van der Waals surface area contributed by atoms with Crippen LogP contribution in [0.4, 0.5) is 0 Å². The van der Waals surface area contributed by atoms with E-state index in [2.05, 4.69) is 41.4 Å². The number of para-hydroxylation sites is 1. The monoisotopic (exact) mass is 403 g/mol. The number of thioether (sulfide) groups is 1. The number of aromatic nitrogens is 4. The topological polar surface area (TPSA) is 86.7 Å². The Morgan fingerprint density at radius 3 is 2.55 bits per heavy atom. The minimum absolute atomic E-state index is 0.379. The minimum atomic E-state index is -0.386. The number of hydrogen-bond acceptors (Lipinski definition) is 5. The van der Waals surface area contributed by atoms with Gasteiger partial charge < -0.3 is 10.3 Å². The number of aryl methyl sites for hydroxylation is 1. The van der Waals surface area contributed by atoms with Crippen LogP contribution in [0.25, 0.3) is 33.5 Å². The van der Waals surface area contributed by atoms with Crippen molar-refractivity contribution in [3.05, 3.63) is 60.2 Å². The van der Waals surface area contributed by atoms with Crippen molar-refractivity contribution in [2.75, 3.05) is 0 Å². The molecule has 2 aromatic heterocycles. The molecule has 0 fully saturated rings. The summed E-state index contributed by atoms with van der Waals surface area (Å²) in [5.74, 6) is 0.340. The number of carbonyl (C=O) groups excluding carboxylic acids is 1. The van der Waals surface area contributed by atoms with Gasteiger partial charge in [-0.25, -0.2) is 4.98 Å². The molecular weight excluding hydrogens is 382 g/mol. The molecule has 2 heterocycles. The maximum Gasteiger partial charge on any atom is 0.230 e. The molecule has 4 rings (SSSR count). The molecule has 0 unspecified atom stereocenters. The van der Waals surface area contributed by atoms with Gasteiger partial charge in [-0.1, -0.05) is 59.8 Å². The van der Waals surface area contributed by atoms with E-state index < -0.39 is 0 Å². The summed E-state index contributed by atoms with van der Waals surface area (Å²) in [7, 11) is 1.89. The van der Waals surface area contributed by atoms with E-state index in [4.69, 9.17) is 10.7 Å². The van der Waals surface area contributed by atoms with E-state index >= 15 is 0 Å². The molecule has 2 aromatic carbocycles. The molecule has 0 bridgehead atoms. The first-order valence-electron chi connectivity index (χ1n) is 9.26. The molecule has 0 aliphatic carbocycles. The van der Waals surface area contributed by atoms with E-state index in [0.29, 0.717) is 5.16 Å². The van der Waals surface area contributed by atoms with Crippen molar-refractivity contribution in [2.45, 2.75) is 24.3 Å². The van der Waals surface area contributed by atoms with E-state index in [1.165, 1.54) is 17.3 Å². The fraction of sp³-hybridized carbons (Fsp3) is 0.182. The Morgan fingerprint density at radius 2 is 1.83 bits per heavy atom. The number of primary amides is 1. The van der Waals surface area contributed by atoms with Gasteiger partial charge in [-0.2, -0.15) is 0 Å². The smallest absolute Gasteiger partial charge is 0.230 e. The van der Waals surface area contributed by atoms with Crippen molar-refractivity contribution in [1.82, 2.24) is 19.7 Å². The molecule has 146 valence electrons. The molecule has 29 heavy (non-hydrogen) atoms. The molecule has 0 saturated carbocycles. The second-order valence-corrected chi connectivity index (χ2v) is 8.27. The Bertz CT molecular complexity index is 1200. The van der Waals surface area contributed by atoms with E-state index in [1.807, 2.05) is 41.9 Å². The number of nitrogens with zero attached hydrogens (tertiary/aromatic N) is 4. The fourth-order valence-electron chi connectivity index (χ4n) is 3.10. The number of nitrogens with two attached hydrogens (primary N) is 1. The lowest BCUT2D eigenvalue weighted by molar-refractivity contribution is -0.117. The highest BCUT2D eigenvalue weighted by Gasteiger charge is 2.19. The summed E-state index contributed by atoms with van der Waals surface area (Å²) in [6.07, 6.45) is 0. The summed E-state index contributed by atoms with van der Waals surface area (Å²) in [5.41, 5.74) is 10.4. The molecule has 4 aromatic rings. The number of amides is 1. The predicted molar refractivity (Wildman–Crippen MR) is 116 cm³/mol. The van der Waals surface area contributed by atoms with Gasteiger partial charge in [0, 0.05) is 23.6 Å². The standard InChI is InChI=1S/C22H21N5OS/c1-13-8-10-15(11-9-13)19-12-17(16-6-4-5-7-18(16)24-19)21-25-26-22(27(21)3)29-14(2)20(23)28/h4-12,14H,1-3H3,(H2,23,28)/t14-/m0/s1. The van der Waals surface area contributed by atoms with E-state index in [9.17, 15) is 4.79 Å². The van der Waals surface area contributed by atoms with Gasteiger partial charge in [0.1, 0.15) is 0 Å². The van der Waals surface area contributed by atoms with Crippen molar-refractivity contribution in [3.8, 4) is 22.6 Å².